The maximum atomic E-state index is 2.87. The van der Waals surface area contributed by atoms with Crippen molar-refractivity contribution in [2.75, 3.05) is 27.2 Å². The van der Waals surface area contributed by atoms with Crippen molar-refractivity contribution in [3.8, 4) is 0 Å². The lowest BCUT2D eigenvalue weighted by atomic mass is 10.2. The van der Waals surface area contributed by atoms with Crippen LogP contribution in [0.1, 0.15) is 6.92 Å². The van der Waals surface area contributed by atoms with Crippen molar-refractivity contribution in [1.82, 2.24) is 9.80 Å². The van der Waals surface area contributed by atoms with Crippen molar-refractivity contribution in [3.63, 3.8) is 0 Å². The summed E-state index contributed by atoms with van der Waals surface area (Å²) in [6.45, 7) is 4.63. The second-order valence-corrected chi connectivity index (χ2v) is 4.07. The summed E-state index contributed by atoms with van der Waals surface area (Å²) in [4.78, 5) is 4.78. The molecule has 1 heterocycles. The van der Waals surface area contributed by atoms with Crippen molar-refractivity contribution < 1.29 is 0 Å². The average molecular weight is 160 g/mol. The predicted molar refractivity (Wildman–Crippen MR) is 48.2 cm³/mol. The number of likely N-dealkylation sites (N-methyl/N-ethyl adjacent to an activating group) is 2. The zero-order chi connectivity index (χ0) is 7.72. The van der Waals surface area contributed by atoms with Crippen LogP contribution in [0.5, 0.6) is 0 Å². The van der Waals surface area contributed by atoms with Gasteiger partial charge in [0.1, 0.15) is 0 Å². The molecule has 2 nitrogen and oxygen atoms in total. The summed E-state index contributed by atoms with van der Waals surface area (Å²) >= 11 is 0. The molecule has 3 heteroatoms. The fourth-order valence-corrected chi connectivity index (χ4v) is 1.76. The Hall–Kier alpha value is 0.350. The number of rotatable bonds is 0. The van der Waals surface area contributed by atoms with Gasteiger partial charge in [-0.3, -0.25) is 4.90 Å². The lowest BCUT2D eigenvalue weighted by Gasteiger charge is -2.40. The monoisotopic (exact) mass is 160 g/mol. The molecule has 1 aliphatic rings. The van der Waals surface area contributed by atoms with E-state index in [0.29, 0.717) is 11.8 Å². The molecule has 1 fully saturated rings. The molecule has 0 aliphatic carbocycles. The van der Waals surface area contributed by atoms with Crippen molar-refractivity contribution in [2.45, 2.75) is 18.7 Å². The van der Waals surface area contributed by atoms with Gasteiger partial charge in [-0.25, -0.2) is 0 Å². The first-order chi connectivity index (χ1) is 4.61. The Labute approximate surface area is 65.8 Å². The summed E-state index contributed by atoms with van der Waals surface area (Å²) in [6, 6.07) is 0.710. The second-order valence-electron chi connectivity index (χ2n) is 3.30. The molecule has 10 heavy (non-hydrogen) atoms. The highest BCUT2D eigenvalue weighted by Gasteiger charge is 2.23. The highest BCUT2D eigenvalue weighted by Crippen LogP contribution is 2.15. The van der Waals surface area contributed by atoms with Crippen LogP contribution in [0.4, 0.5) is 0 Å². The molecule has 0 bridgehead atoms. The van der Waals surface area contributed by atoms with Crippen LogP contribution in [0, 0.1) is 0 Å². The third-order valence-corrected chi connectivity index (χ3v) is 3.07. The first-order valence-electron chi connectivity index (χ1n) is 3.77. The van der Waals surface area contributed by atoms with Crippen LogP contribution in [-0.4, -0.2) is 48.8 Å². The molecule has 0 N–H and O–H groups in total. The zero-order valence-corrected chi connectivity index (χ0v) is 8.20. The van der Waals surface area contributed by atoms with E-state index in [2.05, 4.69) is 40.1 Å². The van der Waals surface area contributed by atoms with Crippen LogP contribution in [0.2, 0.25) is 0 Å². The van der Waals surface area contributed by atoms with Gasteiger partial charge in [-0.05, 0) is 21.0 Å². The van der Waals surface area contributed by atoms with E-state index in [4.69, 9.17) is 0 Å². The Balaban J connectivity index is 2.46. The minimum Gasteiger partial charge on any atom is -0.301 e. The van der Waals surface area contributed by atoms with E-state index in [-0.39, 0.29) is 0 Å². The quantitative estimate of drug-likeness (QED) is 0.475. The van der Waals surface area contributed by atoms with Gasteiger partial charge in [0.05, 0.1) is 0 Å². The Kier molecular flexibility index (Phi) is 2.67. The summed E-state index contributed by atoms with van der Waals surface area (Å²) in [5, 5.41) is 0. The fourth-order valence-electron chi connectivity index (χ4n) is 1.31. The third kappa shape index (κ3) is 1.69. The van der Waals surface area contributed by atoms with Crippen LogP contribution in [0.15, 0.2) is 0 Å². The second kappa shape index (κ2) is 3.17. The Morgan fingerprint density at radius 3 is 2.30 bits per heavy atom. The van der Waals surface area contributed by atoms with Crippen molar-refractivity contribution >= 4 is 9.24 Å². The minimum atomic E-state index is 0.640. The van der Waals surface area contributed by atoms with Crippen molar-refractivity contribution in [3.05, 3.63) is 0 Å². The van der Waals surface area contributed by atoms with Crippen LogP contribution < -0.4 is 0 Å². The molecule has 0 radical (unpaired) electrons. The number of hydrogen-bond acceptors (Lipinski definition) is 2. The van der Waals surface area contributed by atoms with Gasteiger partial charge < -0.3 is 4.90 Å². The Morgan fingerprint density at radius 2 is 1.80 bits per heavy atom. The van der Waals surface area contributed by atoms with Gasteiger partial charge in [0.25, 0.3) is 0 Å². The largest absolute Gasteiger partial charge is 0.301 e. The van der Waals surface area contributed by atoms with Gasteiger partial charge in [0.2, 0.25) is 0 Å². The number of nitrogens with zero attached hydrogens (tertiary/aromatic N) is 2. The normalized spacial score (nSPS) is 38.4. The van der Waals surface area contributed by atoms with E-state index in [1.165, 1.54) is 13.1 Å². The fraction of sp³-hybridized carbons (Fsp3) is 1.00. The predicted octanol–water partition coefficient (Wildman–Crippen LogP) is 0.453. The van der Waals surface area contributed by atoms with Crippen LogP contribution in [0.25, 0.3) is 0 Å². The Morgan fingerprint density at radius 1 is 1.20 bits per heavy atom. The van der Waals surface area contributed by atoms with Gasteiger partial charge in [0.15, 0.2) is 0 Å². The van der Waals surface area contributed by atoms with Gasteiger partial charge in [-0.1, -0.05) is 0 Å². The molecule has 0 aromatic rings. The molecule has 0 amide bonds. The van der Waals surface area contributed by atoms with E-state index in [0.717, 1.165) is 0 Å². The zero-order valence-electron chi connectivity index (χ0n) is 7.04. The maximum Gasteiger partial charge on any atom is 0.0363 e. The lowest BCUT2D eigenvalue weighted by molar-refractivity contribution is 0.110. The van der Waals surface area contributed by atoms with Gasteiger partial charge >= 0.3 is 0 Å². The molecule has 1 aliphatic heterocycles. The molecule has 1 rings (SSSR count). The van der Waals surface area contributed by atoms with Gasteiger partial charge in [-0.2, -0.15) is 0 Å². The molecule has 0 saturated carbocycles. The first-order valence-corrected chi connectivity index (χ1v) is 4.44. The van der Waals surface area contributed by atoms with E-state index in [1.54, 1.807) is 0 Å². The highest BCUT2D eigenvalue weighted by atomic mass is 31.0. The van der Waals surface area contributed by atoms with Gasteiger partial charge in [0, 0.05) is 24.9 Å². The molecular weight excluding hydrogens is 143 g/mol. The summed E-state index contributed by atoms with van der Waals surface area (Å²) in [7, 11) is 7.24. The summed E-state index contributed by atoms with van der Waals surface area (Å²) in [5.74, 6) is 0.640. The van der Waals surface area contributed by atoms with E-state index >= 15 is 0 Å². The summed E-state index contributed by atoms with van der Waals surface area (Å²) < 4.78 is 0. The van der Waals surface area contributed by atoms with Crippen LogP contribution in [-0.2, 0) is 0 Å². The lowest BCUT2D eigenvalue weighted by Crippen LogP contribution is -2.51. The third-order valence-electron chi connectivity index (χ3n) is 2.35. The molecule has 3 unspecified atom stereocenters. The summed E-state index contributed by atoms with van der Waals surface area (Å²) in [5.41, 5.74) is 0. The maximum absolute atomic E-state index is 2.87. The van der Waals surface area contributed by atoms with E-state index in [1.807, 2.05) is 0 Å². The molecule has 3 atom stereocenters. The smallest absolute Gasteiger partial charge is 0.0363 e. The van der Waals surface area contributed by atoms with Crippen molar-refractivity contribution in [2.24, 2.45) is 0 Å². The molecule has 0 aromatic carbocycles. The van der Waals surface area contributed by atoms with Crippen LogP contribution >= 0.6 is 9.24 Å². The van der Waals surface area contributed by atoms with E-state index < -0.39 is 0 Å². The van der Waals surface area contributed by atoms with Crippen molar-refractivity contribution in [1.29, 1.82) is 0 Å². The number of piperazine rings is 1. The van der Waals surface area contributed by atoms with Crippen LogP contribution in [0.3, 0.4) is 0 Å². The first kappa shape index (κ1) is 8.45. The minimum absolute atomic E-state index is 0.640. The molecule has 0 aromatic heterocycles. The summed E-state index contributed by atoms with van der Waals surface area (Å²) in [6.07, 6.45) is 0. The highest BCUT2D eigenvalue weighted by molar-refractivity contribution is 7.17. The Bertz CT molecular complexity index is 92.2. The number of hydrogen-bond donors (Lipinski definition) is 0. The standard InChI is InChI=1S/C7H17N2P/c1-6-4-9(3)7(10)5-8(6)2/h6-7H,4-5,10H2,1-3H3. The molecule has 60 valence electrons. The van der Waals surface area contributed by atoms with E-state index in [9.17, 15) is 0 Å². The molecule has 1 saturated heterocycles. The van der Waals surface area contributed by atoms with Gasteiger partial charge in [-0.15, -0.1) is 9.24 Å². The average Bonchev–Trinajstić information content (AvgIpc) is 1.84. The molecular formula is C7H17N2P. The molecule has 0 spiro atoms. The SMILES string of the molecule is CC1CN(C)C(P)CN1C. The topological polar surface area (TPSA) is 6.48 Å².